The molecule has 0 aliphatic carbocycles. The molecule has 6 nitrogen and oxygen atoms in total. The van der Waals surface area contributed by atoms with Gasteiger partial charge in [-0.3, -0.25) is 4.79 Å². The van der Waals surface area contributed by atoms with Crippen molar-refractivity contribution in [3.05, 3.63) is 12.2 Å². The number of hydrogen-bond donors (Lipinski definition) is 1. The summed E-state index contributed by atoms with van der Waals surface area (Å²) in [7, 11) is -0.291. The van der Waals surface area contributed by atoms with E-state index >= 15 is 0 Å². The van der Waals surface area contributed by atoms with Gasteiger partial charge in [-0.05, 0) is 6.92 Å². The monoisotopic (exact) mass is 278 g/mol. The number of carbonyl (C=O) groups is 1. The average molecular weight is 278 g/mol. The minimum absolute atomic E-state index is 0.183. The fourth-order valence-electron chi connectivity index (χ4n) is 1.40. The number of hydrogen-bond acceptors (Lipinski definition) is 4. The van der Waals surface area contributed by atoms with Crippen molar-refractivity contribution in [2.75, 3.05) is 39.5 Å². The summed E-state index contributed by atoms with van der Waals surface area (Å²) in [4.78, 5) is 11.2. The Kier molecular flexibility index (Phi) is 6.51. The maximum absolute atomic E-state index is 11.2. The molecule has 0 rings (SSSR count). The molecule has 0 radical (unpaired) electrons. The first kappa shape index (κ1) is 17.1. The van der Waals surface area contributed by atoms with Crippen LogP contribution < -0.4 is 5.32 Å². The van der Waals surface area contributed by atoms with Gasteiger partial charge in [0, 0.05) is 17.7 Å². The molecule has 0 bridgehead atoms. The summed E-state index contributed by atoms with van der Waals surface area (Å²) in [5, 5.41) is 2.71. The van der Waals surface area contributed by atoms with Crippen molar-refractivity contribution in [2.45, 2.75) is 13.3 Å². The first-order valence-electron chi connectivity index (χ1n) is 5.73. The normalized spacial score (nSPS) is 12.2. The van der Waals surface area contributed by atoms with Crippen LogP contribution in [0.4, 0.5) is 0 Å². The molecule has 0 aromatic heterocycles. The Hall–Kier alpha value is -0.920. The number of carbonyl (C=O) groups excluding carboxylic acids is 1. The van der Waals surface area contributed by atoms with Crippen LogP contribution in [0.25, 0.3) is 0 Å². The van der Waals surface area contributed by atoms with E-state index in [9.17, 15) is 17.8 Å². The lowest BCUT2D eigenvalue weighted by atomic mass is 10.3. The third-order valence-electron chi connectivity index (χ3n) is 2.55. The van der Waals surface area contributed by atoms with Crippen molar-refractivity contribution in [1.82, 2.24) is 5.32 Å². The zero-order chi connectivity index (χ0) is 14.4. The van der Waals surface area contributed by atoms with Gasteiger partial charge < -0.3 is 14.4 Å². The molecular weight excluding hydrogens is 256 g/mol. The Morgan fingerprint density at radius 1 is 1.33 bits per heavy atom. The number of amides is 1. The first-order chi connectivity index (χ1) is 8.03. The van der Waals surface area contributed by atoms with Crippen molar-refractivity contribution in [2.24, 2.45) is 0 Å². The molecule has 0 heterocycles. The summed E-state index contributed by atoms with van der Waals surface area (Å²) < 4.78 is 31.9. The van der Waals surface area contributed by atoms with Crippen molar-refractivity contribution < 1.29 is 22.2 Å². The maximum Gasteiger partial charge on any atom is 0.246 e. The van der Waals surface area contributed by atoms with Crippen molar-refractivity contribution in [1.29, 1.82) is 0 Å². The second kappa shape index (κ2) is 6.86. The van der Waals surface area contributed by atoms with E-state index in [4.69, 9.17) is 0 Å². The van der Waals surface area contributed by atoms with Gasteiger partial charge in [0.2, 0.25) is 5.91 Å². The minimum Gasteiger partial charge on any atom is -0.748 e. The molecule has 0 spiro atoms. The molecule has 0 aromatic carbocycles. The lowest BCUT2D eigenvalue weighted by molar-refractivity contribution is -0.889. The van der Waals surface area contributed by atoms with Crippen LogP contribution in [0.2, 0.25) is 0 Å². The van der Waals surface area contributed by atoms with E-state index in [0.29, 0.717) is 36.1 Å². The SMILES string of the molecule is C=C(C)C(=O)NCC[N+](C)(C)CCCS(=O)(=O)[O-]. The van der Waals surface area contributed by atoms with Gasteiger partial charge in [0.1, 0.15) is 0 Å². The van der Waals surface area contributed by atoms with E-state index in [2.05, 4.69) is 11.9 Å². The van der Waals surface area contributed by atoms with Crippen LogP contribution in [0.5, 0.6) is 0 Å². The van der Waals surface area contributed by atoms with E-state index in [-0.39, 0.29) is 11.7 Å². The van der Waals surface area contributed by atoms with Gasteiger partial charge in [0.25, 0.3) is 0 Å². The van der Waals surface area contributed by atoms with Gasteiger partial charge >= 0.3 is 0 Å². The summed E-state index contributed by atoms with van der Waals surface area (Å²) in [5.74, 6) is -0.524. The van der Waals surface area contributed by atoms with Crippen LogP contribution in [-0.4, -0.2) is 62.8 Å². The van der Waals surface area contributed by atoms with Gasteiger partial charge in [-0.25, -0.2) is 8.42 Å². The predicted octanol–water partition coefficient (Wildman–Crippen LogP) is -0.310. The van der Waals surface area contributed by atoms with E-state index in [1.807, 2.05) is 14.1 Å². The smallest absolute Gasteiger partial charge is 0.246 e. The summed E-state index contributed by atoms with van der Waals surface area (Å²) in [5.41, 5.74) is 0.456. The average Bonchev–Trinajstić information content (AvgIpc) is 2.14. The summed E-state index contributed by atoms with van der Waals surface area (Å²) in [6.07, 6.45) is 0.327. The fourth-order valence-corrected chi connectivity index (χ4v) is 1.89. The van der Waals surface area contributed by atoms with E-state index in [1.165, 1.54) is 0 Å². The number of rotatable bonds is 8. The Bertz CT molecular complexity index is 401. The molecule has 0 fully saturated rings. The number of nitrogens with one attached hydrogen (secondary N) is 1. The van der Waals surface area contributed by atoms with Crippen LogP contribution in [0.15, 0.2) is 12.2 Å². The zero-order valence-corrected chi connectivity index (χ0v) is 12.0. The molecule has 0 aliphatic heterocycles. The Morgan fingerprint density at radius 2 is 1.89 bits per heavy atom. The molecule has 0 unspecified atom stereocenters. The predicted molar refractivity (Wildman–Crippen MR) is 68.8 cm³/mol. The van der Waals surface area contributed by atoms with Crippen molar-refractivity contribution in [3.63, 3.8) is 0 Å². The third-order valence-corrected chi connectivity index (χ3v) is 3.34. The second-order valence-corrected chi connectivity index (χ2v) is 6.56. The van der Waals surface area contributed by atoms with Crippen molar-refractivity contribution >= 4 is 16.0 Å². The van der Waals surface area contributed by atoms with Crippen LogP contribution in [0.1, 0.15) is 13.3 Å². The van der Waals surface area contributed by atoms with Gasteiger partial charge in [-0.2, -0.15) is 0 Å². The molecule has 7 heteroatoms. The topological polar surface area (TPSA) is 86.3 Å². The van der Waals surface area contributed by atoms with Gasteiger partial charge in [0.05, 0.1) is 43.8 Å². The Balaban J connectivity index is 3.94. The molecular formula is C11H22N2O4S. The largest absolute Gasteiger partial charge is 0.748 e. The van der Waals surface area contributed by atoms with Gasteiger partial charge in [0.15, 0.2) is 0 Å². The molecule has 1 N–H and O–H groups in total. The van der Waals surface area contributed by atoms with Crippen molar-refractivity contribution in [3.8, 4) is 0 Å². The van der Waals surface area contributed by atoms with E-state index in [1.54, 1.807) is 6.92 Å². The van der Waals surface area contributed by atoms with Gasteiger partial charge in [-0.15, -0.1) is 0 Å². The molecule has 0 aromatic rings. The van der Waals surface area contributed by atoms with E-state index in [0.717, 1.165) is 0 Å². The quantitative estimate of drug-likeness (QED) is 0.375. The molecule has 106 valence electrons. The van der Waals surface area contributed by atoms with Gasteiger partial charge in [-0.1, -0.05) is 6.58 Å². The van der Waals surface area contributed by atoms with Crippen LogP contribution in [0, 0.1) is 0 Å². The van der Waals surface area contributed by atoms with Crippen LogP contribution >= 0.6 is 0 Å². The second-order valence-electron chi connectivity index (χ2n) is 5.03. The first-order valence-corrected chi connectivity index (χ1v) is 7.30. The summed E-state index contributed by atoms with van der Waals surface area (Å²) in [6.45, 7) is 6.89. The fraction of sp³-hybridized carbons (Fsp3) is 0.727. The highest BCUT2D eigenvalue weighted by Gasteiger charge is 2.15. The highest BCUT2D eigenvalue weighted by Crippen LogP contribution is 2.00. The van der Waals surface area contributed by atoms with E-state index < -0.39 is 10.1 Å². The molecule has 0 saturated carbocycles. The Morgan fingerprint density at radius 3 is 2.33 bits per heavy atom. The minimum atomic E-state index is -4.13. The summed E-state index contributed by atoms with van der Waals surface area (Å²) in [6, 6.07) is 0. The zero-order valence-electron chi connectivity index (χ0n) is 11.2. The van der Waals surface area contributed by atoms with Crippen LogP contribution in [0.3, 0.4) is 0 Å². The molecule has 0 saturated heterocycles. The standard InChI is InChI=1S/C11H22N2O4S/c1-10(2)11(14)12-6-8-13(3,4)7-5-9-18(15,16)17/h1,5-9H2,2-4H3,(H-,12,14,15,16,17). The lowest BCUT2D eigenvalue weighted by Gasteiger charge is -2.30. The molecule has 0 aliphatic rings. The number of likely N-dealkylation sites (N-methyl/N-ethyl adjacent to an activating group) is 1. The maximum atomic E-state index is 11.2. The third kappa shape index (κ3) is 9.15. The number of nitrogens with zero attached hydrogens (tertiary/aromatic N) is 1. The number of quaternary nitrogens is 1. The lowest BCUT2D eigenvalue weighted by Crippen LogP contribution is -2.46. The highest BCUT2D eigenvalue weighted by atomic mass is 32.2. The molecule has 1 amide bonds. The molecule has 0 atom stereocenters. The summed E-state index contributed by atoms with van der Waals surface area (Å²) >= 11 is 0. The highest BCUT2D eigenvalue weighted by molar-refractivity contribution is 7.85. The molecule has 18 heavy (non-hydrogen) atoms. The Labute approximate surface area is 109 Å². The van der Waals surface area contributed by atoms with Crippen LogP contribution in [-0.2, 0) is 14.9 Å².